The minimum atomic E-state index is -3.82. The number of alkyl halides is 2. The van der Waals surface area contributed by atoms with Crippen LogP contribution in [0.1, 0.15) is 11.1 Å². The van der Waals surface area contributed by atoms with E-state index in [1.165, 1.54) is 18.4 Å². The van der Waals surface area contributed by atoms with Crippen molar-refractivity contribution in [3.63, 3.8) is 0 Å². The molecule has 1 atom stereocenters. The Labute approximate surface area is 153 Å². The third-order valence-corrected chi connectivity index (χ3v) is 3.97. The van der Waals surface area contributed by atoms with Crippen molar-refractivity contribution in [1.29, 1.82) is 0 Å². The molecule has 0 saturated carbocycles. The Kier molecular flexibility index (Phi) is 5.55. The smallest absolute Gasteiger partial charge is 0.464 e. The van der Waals surface area contributed by atoms with Crippen molar-refractivity contribution in [2.24, 2.45) is 0 Å². The molecule has 9 heteroatoms. The van der Waals surface area contributed by atoms with Crippen LogP contribution in [0.25, 0.3) is 11.0 Å². The first-order valence-corrected chi connectivity index (χ1v) is 8.09. The Balaban J connectivity index is 1.80. The zero-order valence-corrected chi connectivity index (χ0v) is 14.0. The molecule has 0 aliphatic carbocycles. The van der Waals surface area contributed by atoms with Crippen molar-refractivity contribution < 1.29 is 32.7 Å². The summed E-state index contributed by atoms with van der Waals surface area (Å²) in [7, 11) is -2.25. The van der Waals surface area contributed by atoms with Crippen LogP contribution in [0.2, 0.25) is 0 Å². The number of hydrogen-bond acceptors (Lipinski definition) is 5. The molecule has 3 rings (SSSR count). The zero-order valence-electron chi connectivity index (χ0n) is 14.0. The maximum Gasteiger partial charge on any atom is 0.635 e. The fourth-order valence-electron chi connectivity index (χ4n) is 2.69. The van der Waals surface area contributed by atoms with E-state index in [0.29, 0.717) is 16.5 Å². The number of fused-ring (bicyclic) bond motifs is 1. The number of halogens is 2. The minimum absolute atomic E-state index is 0.106. The lowest BCUT2D eigenvalue weighted by atomic mass is 10.1. The summed E-state index contributed by atoms with van der Waals surface area (Å²) in [5.41, 5.74) is 0.635. The van der Waals surface area contributed by atoms with Gasteiger partial charge in [-0.05, 0) is 6.07 Å². The Hall–Kier alpha value is -2.75. The second-order valence-corrected chi connectivity index (χ2v) is 5.83. The molecule has 0 radical (unpaired) electrons. The van der Waals surface area contributed by atoms with Gasteiger partial charge in [-0.15, -0.1) is 0 Å². The number of carbonyl (C=O) groups excluding carboxylic acids is 1. The number of hydrogen-bond donors (Lipinski definition) is 3. The van der Waals surface area contributed by atoms with E-state index in [4.69, 9.17) is 19.1 Å². The molecule has 0 fully saturated rings. The fraction of sp³-hybridized carbons (Fsp3) is 0.167. The average molecular weight is 375 g/mol. The number of benzene rings is 2. The summed E-state index contributed by atoms with van der Waals surface area (Å²) in [5.74, 6) is -5.44. The molecule has 27 heavy (non-hydrogen) atoms. The number of para-hydroxylation sites is 1. The van der Waals surface area contributed by atoms with Gasteiger partial charge in [-0.25, -0.2) is 0 Å². The second-order valence-electron chi connectivity index (χ2n) is 5.83. The lowest BCUT2D eigenvalue weighted by Gasteiger charge is -2.23. The Bertz CT molecular complexity index is 916. The largest absolute Gasteiger partial charge is 0.635 e. The molecule has 0 unspecified atom stereocenters. The van der Waals surface area contributed by atoms with E-state index in [1.54, 1.807) is 30.3 Å². The van der Waals surface area contributed by atoms with Gasteiger partial charge in [-0.3, -0.25) is 4.79 Å². The highest BCUT2D eigenvalue weighted by atomic mass is 19.3. The first-order chi connectivity index (χ1) is 12.9. The maximum absolute atomic E-state index is 14.4. The molecule has 3 aromatic rings. The van der Waals surface area contributed by atoms with Crippen molar-refractivity contribution in [1.82, 2.24) is 5.32 Å². The van der Waals surface area contributed by atoms with Crippen LogP contribution in [0, 0.1) is 0 Å². The Morgan fingerprint density at radius 2 is 1.81 bits per heavy atom. The SMILES string of the molecule is O=C(N[C@@H](Cc1coc2ccccc12)OB(O)O)C(F)(F)c1ccccc1. The summed E-state index contributed by atoms with van der Waals surface area (Å²) in [4.78, 5) is 12.1. The quantitative estimate of drug-likeness (QED) is 0.435. The van der Waals surface area contributed by atoms with Crippen LogP contribution in [0.4, 0.5) is 8.78 Å². The highest BCUT2D eigenvalue weighted by Crippen LogP contribution is 2.28. The van der Waals surface area contributed by atoms with Crippen LogP contribution >= 0.6 is 0 Å². The molecular weight excluding hydrogens is 359 g/mol. The van der Waals surface area contributed by atoms with Gasteiger partial charge in [0.1, 0.15) is 11.8 Å². The summed E-state index contributed by atoms with van der Waals surface area (Å²) >= 11 is 0. The van der Waals surface area contributed by atoms with Crippen molar-refractivity contribution in [3.8, 4) is 0 Å². The molecule has 2 aromatic carbocycles. The van der Waals surface area contributed by atoms with Crippen LogP contribution in [-0.4, -0.2) is 29.5 Å². The third-order valence-electron chi connectivity index (χ3n) is 3.97. The van der Waals surface area contributed by atoms with E-state index in [9.17, 15) is 13.6 Å². The van der Waals surface area contributed by atoms with E-state index in [-0.39, 0.29) is 6.42 Å². The van der Waals surface area contributed by atoms with Gasteiger partial charge in [0, 0.05) is 22.9 Å². The third kappa shape index (κ3) is 4.33. The van der Waals surface area contributed by atoms with Crippen molar-refractivity contribution in [2.45, 2.75) is 18.6 Å². The number of rotatable bonds is 7. The molecule has 0 bridgehead atoms. The minimum Gasteiger partial charge on any atom is -0.464 e. The second kappa shape index (κ2) is 7.87. The zero-order chi connectivity index (χ0) is 19.4. The lowest BCUT2D eigenvalue weighted by Crippen LogP contribution is -2.48. The first-order valence-electron chi connectivity index (χ1n) is 8.09. The molecule has 0 saturated heterocycles. The molecule has 0 aliphatic rings. The molecule has 1 heterocycles. The van der Waals surface area contributed by atoms with Gasteiger partial charge in [0.25, 0.3) is 5.91 Å². The lowest BCUT2D eigenvalue weighted by molar-refractivity contribution is -0.150. The predicted octanol–water partition coefficient (Wildman–Crippen LogP) is 2.20. The van der Waals surface area contributed by atoms with Crippen LogP contribution in [0.15, 0.2) is 65.3 Å². The first kappa shape index (κ1) is 19.0. The van der Waals surface area contributed by atoms with E-state index < -0.39 is 30.9 Å². The molecule has 0 aliphatic heterocycles. The van der Waals surface area contributed by atoms with Gasteiger partial charge in [-0.1, -0.05) is 48.5 Å². The van der Waals surface area contributed by atoms with Gasteiger partial charge in [0.05, 0.1) is 6.26 Å². The van der Waals surface area contributed by atoms with E-state index in [0.717, 1.165) is 12.1 Å². The van der Waals surface area contributed by atoms with Gasteiger partial charge < -0.3 is 24.4 Å². The normalized spacial score (nSPS) is 12.7. The number of carbonyl (C=O) groups is 1. The molecular formula is C18H16BF2NO5. The molecule has 3 N–H and O–H groups in total. The molecule has 1 amide bonds. The average Bonchev–Trinajstić information content (AvgIpc) is 3.05. The Morgan fingerprint density at radius 3 is 2.52 bits per heavy atom. The van der Waals surface area contributed by atoms with Crippen molar-refractivity contribution >= 4 is 24.2 Å². The van der Waals surface area contributed by atoms with Gasteiger partial charge in [0.2, 0.25) is 0 Å². The molecule has 6 nitrogen and oxygen atoms in total. The predicted molar refractivity (Wildman–Crippen MR) is 93.5 cm³/mol. The van der Waals surface area contributed by atoms with Crippen LogP contribution in [0.5, 0.6) is 0 Å². The van der Waals surface area contributed by atoms with Gasteiger partial charge >= 0.3 is 13.2 Å². The van der Waals surface area contributed by atoms with E-state index >= 15 is 0 Å². The van der Waals surface area contributed by atoms with Crippen molar-refractivity contribution in [3.05, 3.63) is 72.0 Å². The monoisotopic (exact) mass is 375 g/mol. The van der Waals surface area contributed by atoms with E-state index in [2.05, 4.69) is 0 Å². The topological polar surface area (TPSA) is 91.9 Å². The molecule has 0 spiro atoms. The summed E-state index contributed by atoms with van der Waals surface area (Å²) in [6, 6.07) is 13.6. The summed E-state index contributed by atoms with van der Waals surface area (Å²) in [6.45, 7) is 0. The van der Waals surface area contributed by atoms with Gasteiger partial charge in [0.15, 0.2) is 0 Å². The van der Waals surface area contributed by atoms with E-state index in [1.807, 2.05) is 5.32 Å². The Morgan fingerprint density at radius 1 is 1.15 bits per heavy atom. The fourth-order valence-corrected chi connectivity index (χ4v) is 2.69. The number of amides is 1. The van der Waals surface area contributed by atoms with Crippen molar-refractivity contribution in [2.75, 3.05) is 0 Å². The number of furan rings is 1. The standard InChI is InChI=1S/C18H16BF2NO5/c20-18(21,13-6-2-1-3-7-13)17(23)22-16(27-19(24)25)10-12-11-26-15-9-5-4-8-14(12)15/h1-9,11,16,24-25H,10H2,(H,22,23)/t16-/m1/s1. The van der Waals surface area contributed by atoms with Crippen LogP contribution < -0.4 is 5.32 Å². The highest BCUT2D eigenvalue weighted by Gasteiger charge is 2.42. The summed E-state index contributed by atoms with van der Waals surface area (Å²) in [5, 5.41) is 20.9. The summed E-state index contributed by atoms with van der Waals surface area (Å²) in [6.07, 6.45) is -0.120. The molecule has 1 aromatic heterocycles. The van der Waals surface area contributed by atoms with Crippen LogP contribution in [0.3, 0.4) is 0 Å². The van der Waals surface area contributed by atoms with Crippen LogP contribution in [-0.2, 0) is 21.8 Å². The maximum atomic E-state index is 14.4. The molecule has 140 valence electrons. The number of nitrogens with one attached hydrogen (secondary N) is 1. The summed E-state index contributed by atoms with van der Waals surface area (Å²) < 4.78 is 38.9. The highest BCUT2D eigenvalue weighted by molar-refractivity contribution is 6.32. The van der Waals surface area contributed by atoms with Gasteiger partial charge in [-0.2, -0.15) is 8.78 Å².